The van der Waals surface area contributed by atoms with Gasteiger partial charge in [0, 0.05) is 31.2 Å². The Labute approximate surface area is 142 Å². The SMILES string of the molecule is CCN(Cc1cccc(NC(=O)c2cccnc2)c1)C(=O)C(F)(F)F. The maximum Gasteiger partial charge on any atom is 0.471 e. The quantitative estimate of drug-likeness (QED) is 0.899. The maximum atomic E-state index is 12.6. The summed E-state index contributed by atoms with van der Waals surface area (Å²) in [6, 6.07) is 9.53. The van der Waals surface area contributed by atoms with E-state index < -0.39 is 12.1 Å². The average Bonchev–Trinajstić information content (AvgIpc) is 2.59. The number of pyridine rings is 1. The largest absolute Gasteiger partial charge is 0.471 e. The number of hydrogen-bond acceptors (Lipinski definition) is 3. The smallest absolute Gasteiger partial charge is 0.331 e. The van der Waals surface area contributed by atoms with Gasteiger partial charge in [0.25, 0.3) is 5.91 Å². The lowest BCUT2D eigenvalue weighted by atomic mass is 10.1. The van der Waals surface area contributed by atoms with Crippen LogP contribution in [-0.2, 0) is 11.3 Å². The van der Waals surface area contributed by atoms with Crippen molar-refractivity contribution in [3.8, 4) is 0 Å². The Morgan fingerprint density at radius 3 is 2.56 bits per heavy atom. The number of rotatable bonds is 5. The second-order valence-electron chi connectivity index (χ2n) is 5.21. The lowest BCUT2D eigenvalue weighted by molar-refractivity contribution is -0.185. The zero-order chi connectivity index (χ0) is 18.4. The molecule has 0 aliphatic rings. The van der Waals surface area contributed by atoms with E-state index >= 15 is 0 Å². The van der Waals surface area contributed by atoms with Gasteiger partial charge in [0.2, 0.25) is 0 Å². The Morgan fingerprint density at radius 2 is 1.96 bits per heavy atom. The highest BCUT2D eigenvalue weighted by Gasteiger charge is 2.41. The maximum absolute atomic E-state index is 12.6. The Kier molecular flexibility index (Phi) is 5.74. The molecule has 0 bridgehead atoms. The number of amides is 2. The number of carbonyl (C=O) groups excluding carboxylic acids is 2. The third-order valence-electron chi connectivity index (χ3n) is 3.39. The number of nitrogens with one attached hydrogen (secondary N) is 1. The summed E-state index contributed by atoms with van der Waals surface area (Å²) >= 11 is 0. The van der Waals surface area contributed by atoms with Gasteiger partial charge in [-0.15, -0.1) is 0 Å². The van der Waals surface area contributed by atoms with Crippen molar-refractivity contribution in [3.63, 3.8) is 0 Å². The van der Waals surface area contributed by atoms with Gasteiger partial charge >= 0.3 is 12.1 Å². The first-order valence-electron chi connectivity index (χ1n) is 7.47. The van der Waals surface area contributed by atoms with Crippen LogP contribution in [-0.4, -0.2) is 34.4 Å². The van der Waals surface area contributed by atoms with Gasteiger partial charge < -0.3 is 10.2 Å². The topological polar surface area (TPSA) is 62.3 Å². The molecule has 0 fully saturated rings. The third-order valence-corrected chi connectivity index (χ3v) is 3.39. The molecule has 1 N–H and O–H groups in total. The lowest BCUT2D eigenvalue weighted by Crippen LogP contribution is -2.40. The molecule has 132 valence electrons. The Morgan fingerprint density at radius 1 is 1.20 bits per heavy atom. The zero-order valence-electron chi connectivity index (χ0n) is 13.4. The summed E-state index contributed by atoms with van der Waals surface area (Å²) in [5, 5.41) is 2.64. The minimum atomic E-state index is -4.91. The molecule has 25 heavy (non-hydrogen) atoms. The van der Waals surface area contributed by atoms with Gasteiger partial charge in [0.05, 0.1) is 5.56 Å². The summed E-state index contributed by atoms with van der Waals surface area (Å²) in [6.07, 6.45) is -1.98. The third kappa shape index (κ3) is 5.03. The van der Waals surface area contributed by atoms with Crippen LogP contribution in [0.2, 0.25) is 0 Å². The number of halogens is 3. The molecule has 0 radical (unpaired) electrons. The van der Waals surface area contributed by atoms with Gasteiger partial charge in [-0.05, 0) is 36.8 Å². The minimum Gasteiger partial charge on any atom is -0.331 e. The second-order valence-corrected chi connectivity index (χ2v) is 5.21. The van der Waals surface area contributed by atoms with Crippen LogP contribution in [0.5, 0.6) is 0 Å². The molecule has 1 aromatic heterocycles. The minimum absolute atomic E-state index is 0.0788. The van der Waals surface area contributed by atoms with Crippen LogP contribution < -0.4 is 5.32 Å². The van der Waals surface area contributed by atoms with Crippen LogP contribution in [0.3, 0.4) is 0 Å². The monoisotopic (exact) mass is 351 g/mol. The van der Waals surface area contributed by atoms with Gasteiger partial charge in [0.15, 0.2) is 0 Å². The summed E-state index contributed by atoms with van der Waals surface area (Å²) in [5.74, 6) is -2.27. The van der Waals surface area contributed by atoms with Crippen LogP contribution in [0.15, 0.2) is 48.8 Å². The van der Waals surface area contributed by atoms with E-state index in [9.17, 15) is 22.8 Å². The number of benzene rings is 1. The molecule has 8 heteroatoms. The molecule has 2 rings (SSSR count). The Balaban J connectivity index is 2.10. The van der Waals surface area contributed by atoms with Crippen molar-refractivity contribution in [2.45, 2.75) is 19.6 Å². The first-order chi connectivity index (χ1) is 11.8. The van der Waals surface area contributed by atoms with E-state index in [4.69, 9.17) is 0 Å². The van der Waals surface area contributed by atoms with Crippen LogP contribution in [0.4, 0.5) is 18.9 Å². The van der Waals surface area contributed by atoms with Crippen molar-refractivity contribution in [1.29, 1.82) is 0 Å². The van der Waals surface area contributed by atoms with Crippen molar-refractivity contribution in [2.24, 2.45) is 0 Å². The molecular formula is C17H16F3N3O2. The normalized spacial score (nSPS) is 11.0. The summed E-state index contributed by atoms with van der Waals surface area (Å²) in [5.41, 5.74) is 1.25. The molecule has 1 aromatic carbocycles. The molecular weight excluding hydrogens is 335 g/mol. The lowest BCUT2D eigenvalue weighted by Gasteiger charge is -2.22. The molecule has 0 spiro atoms. The van der Waals surface area contributed by atoms with Gasteiger partial charge in [-0.3, -0.25) is 14.6 Å². The van der Waals surface area contributed by atoms with E-state index in [0.29, 0.717) is 21.7 Å². The number of carbonyl (C=O) groups is 2. The van der Waals surface area contributed by atoms with Gasteiger partial charge in [0.1, 0.15) is 0 Å². The van der Waals surface area contributed by atoms with Crippen molar-refractivity contribution < 1.29 is 22.8 Å². The van der Waals surface area contributed by atoms with E-state index in [1.807, 2.05) is 0 Å². The number of aromatic nitrogens is 1. The van der Waals surface area contributed by atoms with Gasteiger partial charge in [-0.1, -0.05) is 12.1 Å². The van der Waals surface area contributed by atoms with E-state index in [2.05, 4.69) is 10.3 Å². The average molecular weight is 351 g/mol. The summed E-state index contributed by atoms with van der Waals surface area (Å²) < 4.78 is 37.7. The molecule has 2 aromatic rings. The first-order valence-corrected chi connectivity index (χ1v) is 7.47. The summed E-state index contributed by atoms with van der Waals surface area (Å²) in [7, 11) is 0. The van der Waals surface area contributed by atoms with Crippen LogP contribution in [0, 0.1) is 0 Å². The Bertz CT molecular complexity index is 748. The standard InChI is InChI=1S/C17H16F3N3O2/c1-2-23(16(25)17(18,19)20)11-12-5-3-7-14(9-12)22-15(24)13-6-4-8-21-10-13/h3-10H,2,11H2,1H3,(H,22,24). The van der Waals surface area contributed by atoms with Crippen molar-refractivity contribution in [3.05, 3.63) is 59.9 Å². The van der Waals surface area contributed by atoms with E-state index in [1.54, 1.807) is 30.3 Å². The molecule has 5 nitrogen and oxygen atoms in total. The summed E-state index contributed by atoms with van der Waals surface area (Å²) in [4.78, 5) is 28.0. The number of hydrogen-bond donors (Lipinski definition) is 1. The molecule has 0 unspecified atom stereocenters. The van der Waals surface area contributed by atoms with Crippen molar-refractivity contribution in [2.75, 3.05) is 11.9 Å². The fourth-order valence-electron chi connectivity index (χ4n) is 2.17. The molecule has 0 aliphatic heterocycles. The fourth-order valence-corrected chi connectivity index (χ4v) is 2.17. The van der Waals surface area contributed by atoms with E-state index in [1.165, 1.54) is 25.4 Å². The Hall–Kier alpha value is -2.90. The van der Waals surface area contributed by atoms with Gasteiger partial charge in [-0.2, -0.15) is 13.2 Å². The summed E-state index contributed by atoms with van der Waals surface area (Å²) in [6.45, 7) is 1.19. The van der Waals surface area contributed by atoms with Crippen LogP contribution in [0.1, 0.15) is 22.8 Å². The first kappa shape index (κ1) is 18.4. The van der Waals surface area contributed by atoms with Crippen molar-refractivity contribution >= 4 is 17.5 Å². The number of alkyl halides is 3. The number of anilines is 1. The highest BCUT2D eigenvalue weighted by molar-refractivity contribution is 6.04. The number of nitrogens with zero attached hydrogens (tertiary/aromatic N) is 2. The zero-order valence-corrected chi connectivity index (χ0v) is 13.4. The molecule has 1 heterocycles. The highest BCUT2D eigenvalue weighted by atomic mass is 19.4. The molecule has 2 amide bonds. The molecule has 0 saturated heterocycles. The van der Waals surface area contributed by atoms with Gasteiger partial charge in [-0.25, -0.2) is 0 Å². The molecule has 0 saturated carbocycles. The van der Waals surface area contributed by atoms with E-state index in [0.717, 1.165) is 0 Å². The van der Waals surface area contributed by atoms with Crippen LogP contribution >= 0.6 is 0 Å². The highest BCUT2D eigenvalue weighted by Crippen LogP contribution is 2.21. The fraction of sp³-hybridized carbons (Fsp3) is 0.235. The predicted molar refractivity (Wildman–Crippen MR) is 85.8 cm³/mol. The van der Waals surface area contributed by atoms with Crippen molar-refractivity contribution in [1.82, 2.24) is 9.88 Å². The molecule has 0 atom stereocenters. The predicted octanol–water partition coefficient (Wildman–Crippen LogP) is 3.24. The van der Waals surface area contributed by atoms with Crippen LogP contribution in [0.25, 0.3) is 0 Å². The second kappa shape index (κ2) is 7.78. The van der Waals surface area contributed by atoms with E-state index in [-0.39, 0.29) is 19.0 Å². The molecule has 0 aliphatic carbocycles.